The lowest BCUT2D eigenvalue weighted by Crippen LogP contribution is -2.51. The second-order valence-electron chi connectivity index (χ2n) is 8.63. The van der Waals surface area contributed by atoms with Crippen molar-refractivity contribution in [3.8, 4) is 0 Å². The maximum atomic E-state index is 12.8. The molecule has 1 saturated heterocycles. The second-order valence-corrected chi connectivity index (χ2v) is 11.5. The average molecular weight is 483 g/mol. The van der Waals surface area contributed by atoms with Gasteiger partial charge < -0.3 is 4.90 Å². The number of rotatable bonds is 5. The topological polar surface area (TPSA) is 75.2 Å². The summed E-state index contributed by atoms with van der Waals surface area (Å²) < 4.78 is 66.3. The van der Waals surface area contributed by atoms with Gasteiger partial charge in [-0.1, -0.05) is 18.2 Å². The van der Waals surface area contributed by atoms with Crippen LogP contribution in [-0.4, -0.2) is 43.7 Å². The smallest absolute Gasteiger partial charge is 0.355 e. The van der Waals surface area contributed by atoms with Gasteiger partial charge in [0.1, 0.15) is 17.0 Å². The molecule has 0 amide bonds. The summed E-state index contributed by atoms with van der Waals surface area (Å²) >= 11 is 1.05. The van der Waals surface area contributed by atoms with E-state index in [9.17, 15) is 21.6 Å². The molecule has 0 unspecified atom stereocenters. The maximum absolute atomic E-state index is 12.8. The maximum Gasteiger partial charge on any atom is 0.393 e. The van der Waals surface area contributed by atoms with Gasteiger partial charge in [0.15, 0.2) is 0 Å². The Balaban J connectivity index is 1.27. The van der Waals surface area contributed by atoms with Crippen molar-refractivity contribution in [1.82, 2.24) is 14.7 Å². The molecule has 0 atom stereocenters. The van der Waals surface area contributed by atoms with Crippen LogP contribution in [0.15, 0.2) is 47.6 Å². The molecule has 1 spiro atoms. The van der Waals surface area contributed by atoms with Crippen LogP contribution in [0.2, 0.25) is 0 Å². The number of nitrogens with one attached hydrogen (secondary N) is 1. The van der Waals surface area contributed by atoms with Gasteiger partial charge in [0, 0.05) is 24.0 Å². The number of nitrogens with zero attached hydrogens (tertiary/aromatic N) is 3. The van der Waals surface area contributed by atoms with Crippen LogP contribution in [0, 0.1) is 5.41 Å². The van der Waals surface area contributed by atoms with Gasteiger partial charge in [-0.2, -0.15) is 13.2 Å². The molecule has 6 nitrogen and oxygen atoms in total. The van der Waals surface area contributed by atoms with Crippen molar-refractivity contribution >= 4 is 37.4 Å². The van der Waals surface area contributed by atoms with Crippen LogP contribution in [0.3, 0.4) is 0 Å². The molecule has 170 valence electrons. The van der Waals surface area contributed by atoms with Crippen LogP contribution < -0.4 is 9.62 Å². The van der Waals surface area contributed by atoms with Crippen molar-refractivity contribution in [2.24, 2.45) is 5.41 Å². The first-order valence-corrected chi connectivity index (χ1v) is 12.6. The van der Waals surface area contributed by atoms with Gasteiger partial charge in [-0.05, 0) is 42.9 Å². The molecule has 2 aromatic heterocycles. The lowest BCUT2D eigenvalue weighted by molar-refractivity contribution is -0.126. The highest BCUT2D eigenvalue weighted by molar-refractivity contribution is 7.89. The number of hydrogen-bond donors (Lipinski definition) is 1. The van der Waals surface area contributed by atoms with Crippen molar-refractivity contribution in [2.45, 2.75) is 42.8 Å². The van der Waals surface area contributed by atoms with Crippen molar-refractivity contribution in [3.05, 3.63) is 47.6 Å². The first-order chi connectivity index (χ1) is 15.1. The Morgan fingerprint density at radius 3 is 2.66 bits per heavy atom. The summed E-state index contributed by atoms with van der Waals surface area (Å²) in [7, 11) is -3.55. The van der Waals surface area contributed by atoms with Gasteiger partial charge in [0.05, 0.1) is 16.7 Å². The molecule has 5 rings (SSSR count). The number of hydrogen-bond acceptors (Lipinski definition) is 6. The number of aromatic nitrogens is 2. The third-order valence-electron chi connectivity index (χ3n) is 6.21. The fourth-order valence-corrected chi connectivity index (χ4v) is 7.11. The van der Waals surface area contributed by atoms with Gasteiger partial charge >= 0.3 is 6.18 Å². The minimum atomic E-state index is -4.26. The summed E-state index contributed by atoms with van der Waals surface area (Å²) in [5, 5.41) is 0.648. The predicted molar refractivity (Wildman–Crippen MR) is 116 cm³/mol. The summed E-state index contributed by atoms with van der Waals surface area (Å²) in [6.07, 6.45) is -1.49. The summed E-state index contributed by atoms with van der Waals surface area (Å²) in [5.41, 5.74) is -0.00797. The Kier molecular flexibility index (Phi) is 5.18. The highest BCUT2D eigenvalue weighted by Crippen LogP contribution is 2.50. The van der Waals surface area contributed by atoms with Crippen LogP contribution in [0.4, 0.5) is 19.0 Å². The third kappa shape index (κ3) is 4.20. The lowest BCUT2D eigenvalue weighted by atomic mass is 9.65. The Labute approximate surface area is 187 Å². The van der Waals surface area contributed by atoms with Crippen molar-refractivity contribution in [2.75, 3.05) is 18.0 Å². The normalized spacial score (nSPS) is 23.7. The van der Waals surface area contributed by atoms with Gasteiger partial charge in [-0.15, -0.1) is 11.3 Å². The van der Waals surface area contributed by atoms with Crippen LogP contribution in [0.1, 0.15) is 24.1 Å². The van der Waals surface area contributed by atoms with E-state index in [0.717, 1.165) is 37.1 Å². The number of fused-ring (bicyclic) bond motifs is 1. The van der Waals surface area contributed by atoms with Crippen LogP contribution >= 0.6 is 11.3 Å². The molecular weight excluding hydrogens is 461 g/mol. The average Bonchev–Trinajstić information content (AvgIpc) is 3.30. The zero-order chi connectivity index (χ0) is 22.6. The van der Waals surface area contributed by atoms with E-state index < -0.39 is 22.6 Å². The monoisotopic (exact) mass is 482 g/mol. The van der Waals surface area contributed by atoms with Gasteiger partial charge in [-0.25, -0.2) is 23.1 Å². The number of halogens is 3. The van der Waals surface area contributed by atoms with Crippen LogP contribution in [-0.2, 0) is 16.4 Å². The minimum absolute atomic E-state index is 0.00797. The fourth-order valence-electron chi connectivity index (χ4n) is 4.83. The second kappa shape index (κ2) is 7.67. The molecule has 1 aromatic carbocycles. The largest absolute Gasteiger partial charge is 0.393 e. The first-order valence-electron chi connectivity index (χ1n) is 10.3. The van der Waals surface area contributed by atoms with Crippen molar-refractivity contribution in [1.29, 1.82) is 0 Å². The molecule has 0 bridgehead atoms. The molecule has 1 saturated carbocycles. The molecule has 1 aliphatic carbocycles. The molecule has 2 aliphatic rings. The molecule has 3 heterocycles. The summed E-state index contributed by atoms with van der Waals surface area (Å²) in [6, 6.07) is 9.73. The Bertz CT molecular complexity index is 1240. The SMILES string of the molecule is O=S(=O)(N[C@H]1C[C@]2(CCN(c3ncnc4sc(CC(F)(F)F)cc34)C2)C1)c1ccccc1. The molecule has 11 heteroatoms. The zero-order valence-corrected chi connectivity index (χ0v) is 18.6. The number of anilines is 1. The van der Waals surface area contributed by atoms with Crippen molar-refractivity contribution < 1.29 is 21.6 Å². The van der Waals surface area contributed by atoms with E-state index >= 15 is 0 Å². The highest BCUT2D eigenvalue weighted by Gasteiger charge is 2.50. The Morgan fingerprint density at radius 1 is 1.19 bits per heavy atom. The van der Waals surface area contributed by atoms with E-state index in [4.69, 9.17) is 0 Å². The number of benzene rings is 1. The van der Waals surface area contributed by atoms with E-state index in [1.54, 1.807) is 36.4 Å². The minimum Gasteiger partial charge on any atom is -0.355 e. The number of thiophene rings is 1. The Morgan fingerprint density at radius 2 is 1.94 bits per heavy atom. The molecule has 3 aromatic rings. The Hall–Kier alpha value is -2.24. The van der Waals surface area contributed by atoms with E-state index in [1.807, 2.05) is 0 Å². The van der Waals surface area contributed by atoms with Gasteiger partial charge in [-0.3, -0.25) is 0 Å². The van der Waals surface area contributed by atoms with E-state index in [1.165, 1.54) is 6.33 Å². The van der Waals surface area contributed by atoms with E-state index in [2.05, 4.69) is 19.6 Å². The first kappa shape index (κ1) is 21.6. The van der Waals surface area contributed by atoms with Crippen molar-refractivity contribution in [3.63, 3.8) is 0 Å². The van der Waals surface area contributed by atoms with Crippen LogP contribution in [0.25, 0.3) is 10.2 Å². The third-order valence-corrected chi connectivity index (χ3v) is 8.79. The van der Waals surface area contributed by atoms with Gasteiger partial charge in [0.2, 0.25) is 10.0 Å². The molecular formula is C21H21F3N4O2S2. The predicted octanol–water partition coefficient (Wildman–Crippen LogP) is 4.13. The molecule has 2 fully saturated rings. The molecule has 32 heavy (non-hydrogen) atoms. The summed E-state index contributed by atoms with van der Waals surface area (Å²) in [5.74, 6) is 0.657. The lowest BCUT2D eigenvalue weighted by Gasteiger charge is -2.45. The number of alkyl halides is 3. The zero-order valence-electron chi connectivity index (χ0n) is 17.0. The van der Waals surface area contributed by atoms with Gasteiger partial charge in [0.25, 0.3) is 0 Å². The molecule has 1 aliphatic heterocycles. The highest BCUT2D eigenvalue weighted by atomic mass is 32.2. The van der Waals surface area contributed by atoms with Crippen LogP contribution in [0.5, 0.6) is 0 Å². The fraction of sp³-hybridized carbons (Fsp3) is 0.429. The summed E-state index contributed by atoms with van der Waals surface area (Å²) in [6.45, 7) is 1.43. The quantitative estimate of drug-likeness (QED) is 0.592. The molecule has 1 N–H and O–H groups in total. The number of sulfonamides is 1. The molecule has 0 radical (unpaired) electrons. The van der Waals surface area contributed by atoms with E-state index in [0.29, 0.717) is 22.6 Å². The van der Waals surface area contributed by atoms with E-state index in [-0.39, 0.29) is 21.2 Å². The standard InChI is InChI=1S/C21H21F3N4O2S2/c22-21(23,24)11-15-8-17-18(25-13-26-19(17)31-15)28-7-6-20(12-28)9-14(10-20)27-32(29,30)16-4-2-1-3-5-16/h1-5,8,13-14,27H,6-7,9-12H2/t14-,20+. The summed E-state index contributed by atoms with van der Waals surface area (Å²) in [4.78, 5) is 11.6.